The molecule has 5 rings (SSSR count). The topological polar surface area (TPSA) is 217 Å². The summed E-state index contributed by atoms with van der Waals surface area (Å²) < 4.78 is 62.8. The molecule has 1 aromatic heterocycles. The number of aliphatic hydroxyl groups excluding tert-OH is 1. The summed E-state index contributed by atoms with van der Waals surface area (Å²) >= 11 is 0. The Balaban J connectivity index is 0.00000107. The van der Waals surface area contributed by atoms with Gasteiger partial charge in [-0.15, -0.1) is 0 Å². The Hall–Kier alpha value is -6.02. The number of halogens is 5. The van der Waals surface area contributed by atoms with Gasteiger partial charge in [0.2, 0.25) is 17.7 Å². The lowest BCUT2D eigenvalue weighted by molar-refractivity contribution is -0.192. The first-order valence-electron chi connectivity index (χ1n) is 19.2. The Morgan fingerprint density at radius 3 is 2.23 bits per heavy atom. The first-order chi connectivity index (χ1) is 28.6. The molecule has 1 fully saturated rings. The quantitative estimate of drug-likeness (QED) is 0.111. The Kier molecular flexibility index (Phi) is 16.0. The number of aliphatic hydroxyl groups is 1. The molecule has 330 valence electrons. The molecule has 1 aliphatic heterocycles. The number of carbonyl (C=O) groups is 6. The number of hydrogen-bond donors (Lipinski definition) is 5. The lowest BCUT2D eigenvalue weighted by Crippen LogP contribution is -2.49. The van der Waals surface area contributed by atoms with Gasteiger partial charge in [-0.1, -0.05) is 51.1 Å². The van der Waals surface area contributed by atoms with Gasteiger partial charge < -0.3 is 36.0 Å². The zero-order valence-corrected chi connectivity index (χ0v) is 33.6. The van der Waals surface area contributed by atoms with E-state index in [0.717, 1.165) is 28.7 Å². The van der Waals surface area contributed by atoms with Crippen LogP contribution in [0.25, 0.3) is 11.3 Å². The number of amides is 5. The van der Waals surface area contributed by atoms with Crippen LogP contribution in [-0.2, 0) is 35.3 Å². The van der Waals surface area contributed by atoms with E-state index in [4.69, 9.17) is 20.6 Å². The average molecular weight is 862 g/mol. The molecule has 0 radical (unpaired) electrons. The maximum atomic E-state index is 15.0. The summed E-state index contributed by atoms with van der Waals surface area (Å²) in [6, 6.07) is 10.4. The van der Waals surface area contributed by atoms with E-state index >= 15 is 4.39 Å². The minimum Gasteiger partial charge on any atom is -0.475 e. The normalized spacial score (nSPS) is 17.4. The van der Waals surface area contributed by atoms with Crippen LogP contribution in [0.1, 0.15) is 63.9 Å². The molecule has 0 spiro atoms. The van der Waals surface area contributed by atoms with Crippen LogP contribution in [0.4, 0.5) is 22.0 Å². The van der Waals surface area contributed by atoms with Crippen LogP contribution in [0.15, 0.2) is 66.9 Å². The van der Waals surface area contributed by atoms with Crippen LogP contribution in [0, 0.1) is 23.0 Å². The molecule has 6 N–H and O–H groups in total. The minimum absolute atomic E-state index is 0.0222. The van der Waals surface area contributed by atoms with E-state index in [1.807, 2.05) is 51.1 Å². The van der Waals surface area contributed by atoms with Gasteiger partial charge in [0.25, 0.3) is 11.8 Å². The fraction of sp³-hybridized carbons (Fsp3) is 0.439. The van der Waals surface area contributed by atoms with Gasteiger partial charge in [0.1, 0.15) is 24.1 Å². The van der Waals surface area contributed by atoms with Gasteiger partial charge in [-0.3, -0.25) is 28.9 Å². The summed E-state index contributed by atoms with van der Waals surface area (Å²) in [6.07, 6.45) is 0.369. The molecule has 2 aromatic carbocycles. The first-order valence-corrected chi connectivity index (χ1v) is 19.2. The lowest BCUT2D eigenvalue weighted by Gasteiger charge is -2.40. The summed E-state index contributed by atoms with van der Waals surface area (Å²) in [4.78, 5) is 79.1. The van der Waals surface area contributed by atoms with Crippen molar-refractivity contribution in [3.63, 3.8) is 0 Å². The van der Waals surface area contributed by atoms with Crippen molar-refractivity contribution >= 4 is 35.5 Å². The molecule has 0 unspecified atom stereocenters. The third-order valence-corrected chi connectivity index (χ3v) is 9.98. The largest absolute Gasteiger partial charge is 0.490 e. The number of rotatable bonds is 15. The molecule has 4 atom stereocenters. The highest BCUT2D eigenvalue weighted by molar-refractivity contribution is 6.12. The van der Waals surface area contributed by atoms with Gasteiger partial charge in [-0.2, -0.15) is 13.2 Å². The molecule has 0 bridgehead atoms. The maximum Gasteiger partial charge on any atom is 0.490 e. The van der Waals surface area contributed by atoms with E-state index < -0.39 is 71.5 Å². The summed E-state index contributed by atoms with van der Waals surface area (Å²) in [7, 11) is 0. The first kappa shape index (κ1) is 47.7. The summed E-state index contributed by atoms with van der Waals surface area (Å²) in [5.41, 5.74) is 6.67. The molecule has 61 heavy (non-hydrogen) atoms. The highest BCUT2D eigenvalue weighted by atomic mass is 19.4. The number of carboxylic acids is 1. The zero-order chi connectivity index (χ0) is 45.2. The molecule has 20 heteroatoms. The van der Waals surface area contributed by atoms with Crippen molar-refractivity contribution in [2.75, 3.05) is 26.2 Å². The summed E-state index contributed by atoms with van der Waals surface area (Å²) in [6.45, 7) is 5.28. The number of carboxylic acid groups (broad SMARTS) is 1. The highest BCUT2D eigenvalue weighted by Gasteiger charge is 2.40. The van der Waals surface area contributed by atoms with Crippen LogP contribution >= 0.6 is 0 Å². The SMILES string of the molecule is CC(C)(C)[C@H](c1nc(-c2cc(F)ccc2F)cn1Cc1ccccc1)N(CC[C@H](N)C(=O)N[C@H]1CC[C@@H](C(=O)NCCN2C(=O)C=CC2=O)C1)C(=O)CO.O=C(O)C(F)(F)F. The van der Waals surface area contributed by atoms with Crippen molar-refractivity contribution in [2.45, 2.75) is 77.3 Å². The molecule has 15 nitrogen and oxygen atoms in total. The van der Waals surface area contributed by atoms with Gasteiger partial charge in [0.05, 0.1) is 17.8 Å². The molecule has 0 saturated heterocycles. The van der Waals surface area contributed by atoms with Gasteiger partial charge >= 0.3 is 12.1 Å². The summed E-state index contributed by atoms with van der Waals surface area (Å²) in [5.74, 6) is -6.23. The van der Waals surface area contributed by atoms with E-state index in [-0.39, 0.29) is 55.2 Å². The van der Waals surface area contributed by atoms with Gasteiger partial charge in [0.15, 0.2) is 0 Å². The number of imidazole rings is 1. The van der Waals surface area contributed by atoms with Crippen molar-refractivity contribution < 1.29 is 60.9 Å². The van der Waals surface area contributed by atoms with Crippen molar-refractivity contribution in [2.24, 2.45) is 17.1 Å². The molecule has 2 aliphatic rings. The Labute approximate surface area is 347 Å². The van der Waals surface area contributed by atoms with Gasteiger partial charge in [-0.05, 0) is 54.9 Å². The second-order valence-corrected chi connectivity index (χ2v) is 15.6. The third kappa shape index (κ3) is 13.0. The lowest BCUT2D eigenvalue weighted by atomic mass is 9.84. The Morgan fingerprint density at radius 1 is 1.00 bits per heavy atom. The average Bonchev–Trinajstić information content (AvgIpc) is 3.92. The number of aliphatic carboxylic acids is 1. The number of aromatic nitrogens is 2. The van der Waals surface area contributed by atoms with Crippen LogP contribution in [0.2, 0.25) is 0 Å². The van der Waals surface area contributed by atoms with Crippen LogP contribution in [-0.4, -0.2) is 110 Å². The fourth-order valence-electron chi connectivity index (χ4n) is 7.02. The van der Waals surface area contributed by atoms with E-state index in [1.165, 1.54) is 17.1 Å². The Bertz CT molecular complexity index is 2090. The second kappa shape index (κ2) is 20.5. The second-order valence-electron chi connectivity index (χ2n) is 15.6. The van der Waals surface area contributed by atoms with Crippen molar-refractivity contribution in [3.05, 3.63) is 89.9 Å². The smallest absolute Gasteiger partial charge is 0.475 e. The van der Waals surface area contributed by atoms with Crippen molar-refractivity contribution in [1.29, 1.82) is 0 Å². The number of nitrogens with zero attached hydrogens (tertiary/aromatic N) is 4. The number of carbonyl (C=O) groups excluding carboxylic acids is 5. The maximum absolute atomic E-state index is 15.0. The zero-order valence-electron chi connectivity index (χ0n) is 33.6. The fourth-order valence-corrected chi connectivity index (χ4v) is 7.02. The predicted octanol–water partition coefficient (Wildman–Crippen LogP) is 3.46. The number of hydrogen-bond acceptors (Lipinski definition) is 9. The number of alkyl halides is 3. The van der Waals surface area contributed by atoms with Crippen LogP contribution in [0.5, 0.6) is 0 Å². The number of imide groups is 1. The summed E-state index contributed by atoms with van der Waals surface area (Å²) in [5, 5.41) is 22.9. The number of nitrogens with one attached hydrogen (secondary N) is 2. The minimum atomic E-state index is -5.08. The highest BCUT2D eigenvalue weighted by Crippen LogP contribution is 2.39. The monoisotopic (exact) mass is 861 g/mol. The molecule has 2 heterocycles. The van der Waals surface area contributed by atoms with Gasteiger partial charge in [0, 0.05) is 62.1 Å². The number of benzene rings is 2. The third-order valence-electron chi connectivity index (χ3n) is 9.98. The Morgan fingerprint density at radius 2 is 1.64 bits per heavy atom. The van der Waals surface area contributed by atoms with E-state index in [0.29, 0.717) is 31.6 Å². The predicted molar refractivity (Wildman–Crippen MR) is 209 cm³/mol. The molecule has 3 aromatic rings. The van der Waals surface area contributed by atoms with E-state index in [9.17, 15) is 46.6 Å². The van der Waals surface area contributed by atoms with Crippen LogP contribution < -0.4 is 16.4 Å². The van der Waals surface area contributed by atoms with Crippen molar-refractivity contribution in [1.82, 2.24) is 30.0 Å². The molecular formula is C41H48F5N7O8. The van der Waals surface area contributed by atoms with E-state index in [1.54, 1.807) is 10.8 Å². The standard InChI is InChI=1S/C39H47F2N7O6.C2HF3O2/c1-39(2,3)35(36-45-31(28-20-26(40)10-12-29(28)41)22-46(36)21-24-7-5-4-6-8-24)48(34(52)23-49)17-15-30(42)38(54)44-27-11-9-25(19-27)37(53)43-16-18-47-32(50)13-14-33(47)51;3-2(4,5)1(6)7/h4-8,10,12-14,20,22,25,27,30,35,49H,9,11,15-19,21,23,42H2,1-3H3,(H,43,53)(H,44,54);(H,6,7)/t25-,27+,30+,35+;/m1./s1. The molecule has 1 aliphatic carbocycles. The van der Waals surface area contributed by atoms with Gasteiger partial charge in [-0.25, -0.2) is 18.6 Å². The van der Waals surface area contributed by atoms with Crippen LogP contribution in [0.3, 0.4) is 0 Å². The van der Waals surface area contributed by atoms with Crippen molar-refractivity contribution in [3.8, 4) is 11.3 Å². The molecular weight excluding hydrogens is 813 g/mol. The molecule has 5 amide bonds. The number of nitrogens with two attached hydrogens (primary N) is 1. The van der Waals surface area contributed by atoms with E-state index in [2.05, 4.69) is 10.6 Å². The molecule has 1 saturated carbocycles.